The van der Waals surface area contributed by atoms with Crippen LogP contribution in [-0.2, 0) is 16.0 Å². The Bertz CT molecular complexity index is 655. The molecule has 2 rings (SSSR count). The second kappa shape index (κ2) is 8.51. The van der Waals surface area contributed by atoms with Crippen molar-refractivity contribution in [3.63, 3.8) is 0 Å². The summed E-state index contributed by atoms with van der Waals surface area (Å²) in [5.41, 5.74) is 0.754. The lowest BCUT2D eigenvalue weighted by Crippen LogP contribution is -2.35. The summed E-state index contributed by atoms with van der Waals surface area (Å²) in [6, 6.07) is 0.896. The van der Waals surface area contributed by atoms with Gasteiger partial charge in [-0.05, 0) is 19.4 Å². The topological polar surface area (TPSA) is 64.4 Å². The van der Waals surface area contributed by atoms with Gasteiger partial charge in [0.25, 0.3) is 5.56 Å². The zero-order valence-corrected chi connectivity index (χ0v) is 14.9. The van der Waals surface area contributed by atoms with Crippen molar-refractivity contribution in [1.29, 1.82) is 0 Å². The van der Waals surface area contributed by atoms with Gasteiger partial charge in [0.05, 0.1) is 12.8 Å². The number of methoxy groups -OCH3 is 1. The Hall–Kier alpha value is -1.83. The predicted octanol–water partition coefficient (Wildman–Crippen LogP) is 1.60. The van der Waals surface area contributed by atoms with Gasteiger partial charge in [0.15, 0.2) is 6.04 Å². The fourth-order valence-electron chi connectivity index (χ4n) is 3.04. The van der Waals surface area contributed by atoms with Crippen LogP contribution in [0.1, 0.15) is 37.1 Å². The average molecular weight is 357 g/mol. The lowest BCUT2D eigenvalue weighted by molar-refractivity contribution is -0.145. The summed E-state index contributed by atoms with van der Waals surface area (Å²) in [7, 11) is 1.28. The zero-order chi connectivity index (χ0) is 18.6. The van der Waals surface area contributed by atoms with Crippen LogP contribution >= 0.6 is 0 Å². The molecule has 1 fully saturated rings. The molecule has 0 spiro atoms. The highest BCUT2D eigenvalue weighted by Gasteiger charge is 2.32. The van der Waals surface area contributed by atoms with Gasteiger partial charge in [-0.25, -0.2) is 18.3 Å². The number of carbonyl (C=O) groups excluding carboxylic acids is 1. The van der Waals surface area contributed by atoms with Gasteiger partial charge < -0.3 is 4.74 Å². The number of esters is 1. The van der Waals surface area contributed by atoms with Gasteiger partial charge in [-0.2, -0.15) is 5.10 Å². The van der Waals surface area contributed by atoms with Gasteiger partial charge in [0, 0.05) is 31.6 Å². The third-order valence-corrected chi connectivity index (χ3v) is 4.44. The molecule has 0 N–H and O–H groups in total. The third kappa shape index (κ3) is 4.62. The van der Waals surface area contributed by atoms with Crippen LogP contribution in [0.15, 0.2) is 10.9 Å². The molecule has 1 saturated heterocycles. The summed E-state index contributed by atoms with van der Waals surface area (Å²) >= 11 is 0. The van der Waals surface area contributed by atoms with Crippen LogP contribution in [0.5, 0.6) is 0 Å². The van der Waals surface area contributed by atoms with Crippen LogP contribution < -0.4 is 5.56 Å². The van der Waals surface area contributed by atoms with Crippen molar-refractivity contribution in [3.8, 4) is 0 Å². The maximum absolute atomic E-state index is 13.3. The first kappa shape index (κ1) is 19.5. The number of likely N-dealkylation sites (tertiary alicyclic amines) is 1. The number of aromatic nitrogens is 2. The van der Waals surface area contributed by atoms with Crippen molar-refractivity contribution in [2.24, 2.45) is 0 Å². The Morgan fingerprint density at radius 3 is 2.60 bits per heavy atom. The van der Waals surface area contributed by atoms with E-state index in [0.717, 1.165) is 0 Å². The molecule has 2 heterocycles. The van der Waals surface area contributed by atoms with E-state index in [9.17, 15) is 18.4 Å². The fraction of sp³-hybridized carbons (Fsp3) is 0.706. The summed E-state index contributed by atoms with van der Waals surface area (Å²) in [5.74, 6) is -0.506. The molecule has 6 nitrogen and oxygen atoms in total. The molecule has 0 amide bonds. The largest absolute Gasteiger partial charge is 0.467 e. The van der Waals surface area contributed by atoms with Crippen LogP contribution in [-0.4, -0.2) is 59.7 Å². The molecule has 8 heteroatoms. The number of nitrogens with zero attached hydrogens (tertiary/aromatic N) is 3. The molecular weight excluding hydrogens is 332 g/mol. The third-order valence-electron chi connectivity index (χ3n) is 4.44. The molecule has 140 valence electrons. The van der Waals surface area contributed by atoms with E-state index in [4.69, 9.17) is 4.74 Å². The molecule has 1 aliphatic heterocycles. The highest BCUT2D eigenvalue weighted by molar-refractivity contribution is 5.73. The normalized spacial score (nSPS) is 22.1. The summed E-state index contributed by atoms with van der Waals surface area (Å²) in [6.07, 6.45) is -1.31. The number of carbonyl (C=O) groups is 1. The molecule has 1 aromatic heterocycles. The molecule has 0 radical (unpaired) electrons. The molecule has 1 aliphatic rings. The first-order chi connectivity index (χ1) is 11.9. The minimum Gasteiger partial charge on any atom is -0.467 e. The Balaban J connectivity index is 2.19. The molecule has 1 aromatic rings. The van der Waals surface area contributed by atoms with E-state index in [1.807, 2.05) is 6.92 Å². The SMILES string of the molecule is CCCC(C(=O)OC)n1nc(CCN2C[C@H](F)[C@@H](F)C2)cc(C)c1=O. The Labute approximate surface area is 145 Å². The van der Waals surface area contributed by atoms with E-state index >= 15 is 0 Å². The smallest absolute Gasteiger partial charge is 0.330 e. The molecule has 0 aromatic carbocycles. The van der Waals surface area contributed by atoms with Crippen molar-refractivity contribution in [2.75, 3.05) is 26.7 Å². The number of aryl methyl sites for hydroxylation is 1. The van der Waals surface area contributed by atoms with E-state index in [1.54, 1.807) is 17.9 Å². The Kier molecular flexibility index (Phi) is 6.64. The molecule has 25 heavy (non-hydrogen) atoms. The molecule has 0 saturated carbocycles. The quantitative estimate of drug-likeness (QED) is 0.694. The summed E-state index contributed by atoms with van der Waals surface area (Å²) in [4.78, 5) is 26.1. The van der Waals surface area contributed by atoms with Crippen molar-refractivity contribution >= 4 is 5.97 Å². The number of ether oxygens (including phenoxy) is 1. The van der Waals surface area contributed by atoms with E-state index in [2.05, 4.69) is 5.10 Å². The average Bonchev–Trinajstić information content (AvgIpc) is 2.91. The van der Waals surface area contributed by atoms with Gasteiger partial charge in [0.2, 0.25) is 0 Å². The van der Waals surface area contributed by atoms with Crippen LogP contribution in [0, 0.1) is 6.92 Å². The molecule has 3 atom stereocenters. The summed E-state index contributed by atoms with van der Waals surface area (Å²) in [5, 5.41) is 4.31. The second-order valence-electron chi connectivity index (χ2n) is 6.44. The van der Waals surface area contributed by atoms with Gasteiger partial charge in [-0.1, -0.05) is 13.3 Å². The van der Waals surface area contributed by atoms with Gasteiger partial charge in [-0.3, -0.25) is 9.69 Å². The first-order valence-corrected chi connectivity index (χ1v) is 8.55. The Morgan fingerprint density at radius 2 is 2.04 bits per heavy atom. The molecule has 0 bridgehead atoms. The van der Waals surface area contributed by atoms with Crippen LogP contribution in [0.3, 0.4) is 0 Å². The predicted molar refractivity (Wildman–Crippen MR) is 89.1 cm³/mol. The van der Waals surface area contributed by atoms with Crippen LogP contribution in [0.25, 0.3) is 0 Å². The van der Waals surface area contributed by atoms with Gasteiger partial charge >= 0.3 is 5.97 Å². The van der Waals surface area contributed by atoms with E-state index in [0.29, 0.717) is 37.1 Å². The monoisotopic (exact) mass is 357 g/mol. The van der Waals surface area contributed by atoms with Gasteiger partial charge in [0.1, 0.15) is 12.3 Å². The second-order valence-corrected chi connectivity index (χ2v) is 6.44. The number of rotatable bonds is 7. The minimum atomic E-state index is -1.45. The maximum Gasteiger partial charge on any atom is 0.330 e. The molecule has 0 aliphatic carbocycles. The lowest BCUT2D eigenvalue weighted by Gasteiger charge is -2.18. The number of halogens is 2. The number of hydrogen-bond acceptors (Lipinski definition) is 5. The van der Waals surface area contributed by atoms with Crippen molar-refractivity contribution in [3.05, 3.63) is 27.7 Å². The molecular formula is C17H25F2N3O3. The minimum absolute atomic E-state index is 0.0698. The first-order valence-electron chi connectivity index (χ1n) is 8.55. The highest BCUT2D eigenvalue weighted by Crippen LogP contribution is 2.17. The number of alkyl halides is 2. The van der Waals surface area contributed by atoms with Crippen molar-refractivity contribution < 1.29 is 18.3 Å². The standard InChI is InChI=1S/C17H25F2N3O3/c1-4-5-15(17(24)25-3)22-16(23)11(2)8-12(20-22)6-7-21-9-13(18)14(19)10-21/h8,13-15H,4-7,9-10H2,1-3H3/t13-,14-,15?/m0/s1. The van der Waals surface area contributed by atoms with Gasteiger partial charge in [-0.15, -0.1) is 0 Å². The molecule has 1 unspecified atom stereocenters. The number of hydrogen-bond donors (Lipinski definition) is 0. The maximum atomic E-state index is 13.3. The zero-order valence-electron chi connectivity index (χ0n) is 14.9. The summed E-state index contributed by atoms with van der Waals surface area (Å²) < 4.78 is 32.5. The fourth-order valence-corrected chi connectivity index (χ4v) is 3.04. The van der Waals surface area contributed by atoms with Crippen molar-refractivity contribution in [2.45, 2.75) is 51.5 Å². The van der Waals surface area contributed by atoms with E-state index in [1.165, 1.54) is 11.8 Å². The van der Waals surface area contributed by atoms with Crippen LogP contribution in [0.2, 0.25) is 0 Å². The van der Waals surface area contributed by atoms with Crippen molar-refractivity contribution in [1.82, 2.24) is 14.7 Å². The highest BCUT2D eigenvalue weighted by atomic mass is 19.2. The van der Waals surface area contributed by atoms with E-state index < -0.39 is 24.4 Å². The summed E-state index contributed by atoms with van der Waals surface area (Å²) in [6.45, 7) is 4.16. The van der Waals surface area contributed by atoms with Crippen LogP contribution in [0.4, 0.5) is 8.78 Å². The lowest BCUT2D eigenvalue weighted by atomic mass is 10.1. The van der Waals surface area contributed by atoms with E-state index in [-0.39, 0.29) is 18.6 Å². The Morgan fingerprint density at radius 1 is 1.40 bits per heavy atom.